The van der Waals surface area contributed by atoms with Crippen LogP contribution in [-0.4, -0.2) is 15.0 Å². The van der Waals surface area contributed by atoms with Crippen molar-refractivity contribution in [1.82, 2.24) is 15.0 Å². The average Bonchev–Trinajstić information content (AvgIpc) is 3.00. The first-order chi connectivity index (χ1) is 10.8. The summed E-state index contributed by atoms with van der Waals surface area (Å²) >= 11 is 1.58. The van der Waals surface area contributed by atoms with Gasteiger partial charge in [-0.1, -0.05) is 12.2 Å². The zero-order valence-corrected chi connectivity index (χ0v) is 13.1. The molecule has 0 fully saturated rings. The second-order valence-electron chi connectivity index (χ2n) is 4.99. The van der Waals surface area contributed by atoms with Crippen molar-refractivity contribution in [2.45, 2.75) is 25.7 Å². The number of nitrogens with zero attached hydrogens (tertiary/aromatic N) is 2. The maximum atomic E-state index is 12.2. The fourth-order valence-electron chi connectivity index (χ4n) is 2.58. The molecule has 0 saturated carbocycles. The Morgan fingerprint density at radius 2 is 1.77 bits per heavy atom. The summed E-state index contributed by atoms with van der Waals surface area (Å²) in [5, 5.41) is 0.726. The first kappa shape index (κ1) is 14.7. The van der Waals surface area contributed by atoms with Crippen LogP contribution in [0.5, 0.6) is 0 Å². The van der Waals surface area contributed by atoms with Crippen molar-refractivity contribution >= 4 is 23.5 Å². The lowest BCUT2D eigenvalue weighted by Gasteiger charge is -2.09. The molecular formula is C17H17N3OS. The van der Waals surface area contributed by atoms with Gasteiger partial charge in [-0.05, 0) is 37.8 Å². The van der Waals surface area contributed by atoms with E-state index < -0.39 is 0 Å². The first-order valence-electron chi connectivity index (χ1n) is 7.27. The number of aromatic nitrogens is 3. The molecule has 5 heteroatoms. The third-order valence-corrected chi connectivity index (χ3v) is 4.74. The SMILES string of the molecule is C=C.O=c1[nH]c2c(nc1-c1nc3c(s1)CCC=C3)C=CCC2. The van der Waals surface area contributed by atoms with Crippen LogP contribution in [0.3, 0.4) is 0 Å². The van der Waals surface area contributed by atoms with Crippen LogP contribution in [0.1, 0.15) is 34.8 Å². The van der Waals surface area contributed by atoms with Crippen molar-refractivity contribution in [1.29, 1.82) is 0 Å². The summed E-state index contributed by atoms with van der Waals surface area (Å²) in [7, 11) is 0. The molecule has 0 radical (unpaired) electrons. The number of aryl methyl sites for hydroxylation is 2. The van der Waals surface area contributed by atoms with Crippen LogP contribution < -0.4 is 5.56 Å². The summed E-state index contributed by atoms with van der Waals surface area (Å²) in [4.78, 5) is 25.5. The van der Waals surface area contributed by atoms with E-state index in [1.54, 1.807) is 11.3 Å². The highest BCUT2D eigenvalue weighted by molar-refractivity contribution is 7.15. The highest BCUT2D eigenvalue weighted by Gasteiger charge is 2.18. The summed E-state index contributed by atoms with van der Waals surface area (Å²) in [6, 6.07) is 0. The molecule has 2 heterocycles. The predicted octanol–water partition coefficient (Wildman–Crippen LogP) is 3.61. The lowest BCUT2D eigenvalue weighted by molar-refractivity contribution is 0.890. The number of thiazole rings is 1. The van der Waals surface area contributed by atoms with E-state index >= 15 is 0 Å². The van der Waals surface area contributed by atoms with Crippen molar-refractivity contribution in [3.63, 3.8) is 0 Å². The number of H-pyrrole nitrogens is 1. The Kier molecular flexibility index (Phi) is 4.15. The molecule has 0 saturated heterocycles. The van der Waals surface area contributed by atoms with Gasteiger partial charge in [0, 0.05) is 10.6 Å². The number of nitrogens with one attached hydrogen (secondary N) is 1. The number of hydrogen-bond donors (Lipinski definition) is 1. The minimum atomic E-state index is -0.130. The minimum Gasteiger partial charge on any atom is -0.322 e. The summed E-state index contributed by atoms with van der Waals surface area (Å²) in [5.41, 5.74) is 3.11. The van der Waals surface area contributed by atoms with Crippen LogP contribution in [0.4, 0.5) is 0 Å². The van der Waals surface area contributed by atoms with Gasteiger partial charge in [-0.25, -0.2) is 9.97 Å². The zero-order chi connectivity index (χ0) is 15.5. The van der Waals surface area contributed by atoms with Gasteiger partial charge < -0.3 is 4.98 Å². The van der Waals surface area contributed by atoms with E-state index in [-0.39, 0.29) is 5.56 Å². The number of rotatable bonds is 1. The van der Waals surface area contributed by atoms with Crippen LogP contribution in [0.2, 0.25) is 0 Å². The van der Waals surface area contributed by atoms with Crippen molar-refractivity contribution in [2.75, 3.05) is 0 Å². The molecule has 112 valence electrons. The number of fused-ring (bicyclic) bond motifs is 2. The Morgan fingerprint density at radius 3 is 2.55 bits per heavy atom. The lowest BCUT2D eigenvalue weighted by atomic mass is 10.1. The Labute approximate surface area is 133 Å². The number of allylic oxidation sites excluding steroid dienone is 2. The Bertz CT molecular complexity index is 814. The summed E-state index contributed by atoms with van der Waals surface area (Å²) in [5.74, 6) is 0. The van der Waals surface area contributed by atoms with Gasteiger partial charge in [-0.2, -0.15) is 0 Å². The Morgan fingerprint density at radius 1 is 1.05 bits per heavy atom. The highest BCUT2D eigenvalue weighted by Crippen LogP contribution is 2.30. The van der Waals surface area contributed by atoms with Crippen molar-refractivity contribution in [3.05, 3.63) is 57.6 Å². The molecule has 2 aromatic rings. The van der Waals surface area contributed by atoms with E-state index in [1.165, 1.54) is 4.88 Å². The summed E-state index contributed by atoms with van der Waals surface area (Å²) < 4.78 is 0. The predicted molar refractivity (Wildman–Crippen MR) is 91.9 cm³/mol. The monoisotopic (exact) mass is 311 g/mol. The molecule has 22 heavy (non-hydrogen) atoms. The van der Waals surface area contributed by atoms with Gasteiger partial charge in [0.1, 0.15) is 5.01 Å². The first-order valence-corrected chi connectivity index (χ1v) is 8.09. The molecule has 4 nitrogen and oxygen atoms in total. The molecule has 0 aromatic carbocycles. The fourth-order valence-corrected chi connectivity index (χ4v) is 3.63. The molecule has 2 aromatic heterocycles. The van der Waals surface area contributed by atoms with Gasteiger partial charge in [0.25, 0.3) is 5.56 Å². The number of aromatic amines is 1. The van der Waals surface area contributed by atoms with E-state index in [0.717, 1.165) is 47.8 Å². The third kappa shape index (κ3) is 2.60. The number of hydrogen-bond acceptors (Lipinski definition) is 4. The smallest absolute Gasteiger partial charge is 0.277 e. The van der Waals surface area contributed by atoms with E-state index in [0.29, 0.717) is 5.69 Å². The normalized spacial score (nSPS) is 14.7. The van der Waals surface area contributed by atoms with Crippen LogP contribution in [0.15, 0.2) is 30.1 Å². The minimum absolute atomic E-state index is 0.130. The quantitative estimate of drug-likeness (QED) is 0.818. The van der Waals surface area contributed by atoms with Crippen LogP contribution >= 0.6 is 11.3 Å². The molecule has 0 unspecified atom stereocenters. The van der Waals surface area contributed by atoms with Crippen LogP contribution in [0, 0.1) is 0 Å². The Balaban J connectivity index is 0.000000693. The molecule has 0 spiro atoms. The van der Waals surface area contributed by atoms with Crippen LogP contribution in [-0.2, 0) is 12.8 Å². The summed E-state index contributed by atoms with van der Waals surface area (Å²) in [6.07, 6.45) is 12.1. The van der Waals surface area contributed by atoms with Crippen molar-refractivity contribution in [2.24, 2.45) is 0 Å². The molecular weight excluding hydrogens is 294 g/mol. The standard InChI is InChI=1S/C15H13N3OS.C2H4/c19-14-13(16-9-5-1-2-6-10(9)17-14)15-18-11-7-3-4-8-12(11)20-15;1-2/h1,3,5,7H,2,4,6,8H2,(H,17,19);1-2H2. The third-order valence-electron chi connectivity index (χ3n) is 3.60. The Hall–Kier alpha value is -2.27. The molecule has 2 aliphatic carbocycles. The topological polar surface area (TPSA) is 58.6 Å². The van der Waals surface area contributed by atoms with Gasteiger partial charge in [-0.3, -0.25) is 4.79 Å². The van der Waals surface area contributed by atoms with E-state index in [2.05, 4.69) is 40.3 Å². The maximum absolute atomic E-state index is 12.2. The van der Waals surface area contributed by atoms with Gasteiger partial charge >= 0.3 is 0 Å². The highest BCUT2D eigenvalue weighted by atomic mass is 32.1. The van der Waals surface area contributed by atoms with Gasteiger partial charge in [0.2, 0.25) is 0 Å². The molecule has 1 N–H and O–H groups in total. The zero-order valence-electron chi connectivity index (χ0n) is 12.3. The molecule has 0 amide bonds. The molecule has 0 bridgehead atoms. The average molecular weight is 311 g/mol. The van der Waals surface area contributed by atoms with Gasteiger partial charge in [-0.15, -0.1) is 24.5 Å². The lowest BCUT2D eigenvalue weighted by Crippen LogP contribution is -2.17. The summed E-state index contributed by atoms with van der Waals surface area (Å²) in [6.45, 7) is 6.00. The fraction of sp³-hybridized carbons (Fsp3) is 0.235. The largest absolute Gasteiger partial charge is 0.322 e. The molecule has 0 atom stereocenters. The van der Waals surface area contributed by atoms with Gasteiger partial charge in [0.15, 0.2) is 5.69 Å². The molecule has 0 aliphatic heterocycles. The van der Waals surface area contributed by atoms with E-state index in [9.17, 15) is 4.79 Å². The second-order valence-corrected chi connectivity index (χ2v) is 6.07. The van der Waals surface area contributed by atoms with E-state index in [1.807, 2.05) is 12.2 Å². The second kappa shape index (κ2) is 6.23. The van der Waals surface area contributed by atoms with Crippen molar-refractivity contribution < 1.29 is 0 Å². The maximum Gasteiger partial charge on any atom is 0.277 e. The van der Waals surface area contributed by atoms with Gasteiger partial charge in [0.05, 0.1) is 11.4 Å². The molecule has 2 aliphatic rings. The van der Waals surface area contributed by atoms with Crippen LogP contribution in [0.25, 0.3) is 22.9 Å². The van der Waals surface area contributed by atoms with Crippen molar-refractivity contribution in [3.8, 4) is 10.7 Å². The molecule has 4 rings (SSSR count). The van der Waals surface area contributed by atoms with E-state index in [4.69, 9.17) is 0 Å².